The zero-order chi connectivity index (χ0) is 13.8. The fraction of sp³-hybridized carbons (Fsp3) is 0.600. The predicted octanol–water partition coefficient (Wildman–Crippen LogP) is 3.47. The minimum Gasteiger partial charge on any atom is -0.478 e. The largest absolute Gasteiger partial charge is 0.478 e. The van der Waals surface area contributed by atoms with Gasteiger partial charge in [0.1, 0.15) is 0 Å². The van der Waals surface area contributed by atoms with Crippen molar-refractivity contribution in [1.29, 1.82) is 0 Å². The average molecular weight is 263 g/mol. The molecular formula is C15H21NO3. The Kier molecular flexibility index (Phi) is 4.40. The number of hydrogen-bond acceptors (Lipinski definition) is 3. The van der Waals surface area contributed by atoms with Crippen LogP contribution < -0.4 is 4.74 Å². The molecule has 0 saturated heterocycles. The standard InChI is InChI=1S/C15H21NO3/c1-10(2)13-7-12(15(17)18)8-14(16-13)19-9-11-5-3-4-6-11/h7-8,10-11H,3-6,9H2,1-2H3,(H,17,18). The molecule has 104 valence electrons. The van der Waals surface area contributed by atoms with Gasteiger partial charge in [0, 0.05) is 11.8 Å². The molecule has 0 spiro atoms. The molecule has 19 heavy (non-hydrogen) atoms. The highest BCUT2D eigenvalue weighted by atomic mass is 16.5. The number of rotatable bonds is 5. The molecule has 1 aliphatic carbocycles. The lowest BCUT2D eigenvalue weighted by molar-refractivity contribution is 0.0696. The van der Waals surface area contributed by atoms with Gasteiger partial charge in [-0.3, -0.25) is 0 Å². The minimum absolute atomic E-state index is 0.188. The number of aromatic nitrogens is 1. The second kappa shape index (κ2) is 6.04. The molecule has 4 heteroatoms. The van der Waals surface area contributed by atoms with Crippen LogP contribution in [0.25, 0.3) is 0 Å². The van der Waals surface area contributed by atoms with Crippen molar-refractivity contribution in [2.45, 2.75) is 45.4 Å². The molecule has 1 heterocycles. The summed E-state index contributed by atoms with van der Waals surface area (Å²) in [5, 5.41) is 9.11. The number of nitrogens with zero attached hydrogens (tertiary/aromatic N) is 1. The Hall–Kier alpha value is -1.58. The van der Waals surface area contributed by atoms with Crippen LogP contribution in [0.1, 0.15) is 61.5 Å². The summed E-state index contributed by atoms with van der Waals surface area (Å²) in [5.41, 5.74) is 1.02. The van der Waals surface area contributed by atoms with E-state index in [1.807, 2.05) is 13.8 Å². The van der Waals surface area contributed by atoms with Gasteiger partial charge in [-0.15, -0.1) is 0 Å². The van der Waals surface area contributed by atoms with E-state index in [1.165, 1.54) is 31.7 Å². The van der Waals surface area contributed by atoms with Crippen LogP contribution in [-0.2, 0) is 0 Å². The van der Waals surface area contributed by atoms with E-state index in [9.17, 15) is 4.79 Å². The van der Waals surface area contributed by atoms with Gasteiger partial charge in [0.2, 0.25) is 5.88 Å². The van der Waals surface area contributed by atoms with Crippen molar-refractivity contribution in [1.82, 2.24) is 4.98 Å². The third kappa shape index (κ3) is 3.69. The van der Waals surface area contributed by atoms with Gasteiger partial charge in [0.25, 0.3) is 0 Å². The highest BCUT2D eigenvalue weighted by Crippen LogP contribution is 2.26. The van der Waals surface area contributed by atoms with Crippen molar-refractivity contribution in [2.24, 2.45) is 5.92 Å². The Bertz CT molecular complexity index is 451. The van der Waals surface area contributed by atoms with E-state index in [1.54, 1.807) is 6.07 Å². The smallest absolute Gasteiger partial charge is 0.335 e. The first kappa shape index (κ1) is 13.8. The van der Waals surface area contributed by atoms with E-state index in [0.29, 0.717) is 18.4 Å². The van der Waals surface area contributed by atoms with Crippen LogP contribution in [0.15, 0.2) is 12.1 Å². The van der Waals surface area contributed by atoms with Crippen molar-refractivity contribution >= 4 is 5.97 Å². The number of pyridine rings is 1. The molecule has 0 atom stereocenters. The fourth-order valence-corrected chi connectivity index (χ4v) is 2.40. The lowest BCUT2D eigenvalue weighted by atomic mass is 10.1. The monoisotopic (exact) mass is 263 g/mol. The minimum atomic E-state index is -0.935. The molecule has 4 nitrogen and oxygen atoms in total. The SMILES string of the molecule is CC(C)c1cc(C(=O)O)cc(OCC2CCCC2)n1. The summed E-state index contributed by atoms with van der Waals surface area (Å²) in [6.45, 7) is 4.64. The summed E-state index contributed by atoms with van der Waals surface area (Å²) < 4.78 is 5.70. The predicted molar refractivity (Wildman–Crippen MR) is 72.7 cm³/mol. The van der Waals surface area contributed by atoms with Gasteiger partial charge in [-0.2, -0.15) is 0 Å². The van der Waals surface area contributed by atoms with E-state index in [2.05, 4.69) is 4.98 Å². The van der Waals surface area contributed by atoms with Crippen molar-refractivity contribution in [3.63, 3.8) is 0 Å². The molecule has 0 bridgehead atoms. The number of hydrogen-bond donors (Lipinski definition) is 1. The van der Waals surface area contributed by atoms with E-state index in [0.717, 1.165) is 5.69 Å². The van der Waals surface area contributed by atoms with Crippen molar-refractivity contribution in [3.05, 3.63) is 23.4 Å². The number of carboxylic acid groups (broad SMARTS) is 1. The molecule has 2 rings (SSSR count). The van der Waals surface area contributed by atoms with Crippen molar-refractivity contribution < 1.29 is 14.6 Å². The molecule has 1 N–H and O–H groups in total. The third-order valence-electron chi connectivity index (χ3n) is 3.60. The number of carboxylic acids is 1. The Morgan fingerprint density at radius 3 is 2.68 bits per heavy atom. The van der Waals surface area contributed by atoms with Crippen LogP contribution in [0, 0.1) is 5.92 Å². The van der Waals surface area contributed by atoms with Gasteiger partial charge < -0.3 is 9.84 Å². The molecule has 0 unspecified atom stereocenters. The highest BCUT2D eigenvalue weighted by Gasteiger charge is 2.17. The Morgan fingerprint density at radius 1 is 1.42 bits per heavy atom. The summed E-state index contributed by atoms with van der Waals surface area (Å²) >= 11 is 0. The van der Waals surface area contributed by atoms with Crippen LogP contribution in [0.3, 0.4) is 0 Å². The molecule has 0 aliphatic heterocycles. The second-order valence-electron chi connectivity index (χ2n) is 5.54. The van der Waals surface area contributed by atoms with Crippen LogP contribution in [0.4, 0.5) is 0 Å². The molecule has 1 aliphatic rings. The first-order valence-corrected chi connectivity index (χ1v) is 6.94. The molecule has 1 aromatic heterocycles. The van der Waals surface area contributed by atoms with E-state index < -0.39 is 5.97 Å². The third-order valence-corrected chi connectivity index (χ3v) is 3.60. The quantitative estimate of drug-likeness (QED) is 0.883. The number of carbonyl (C=O) groups is 1. The second-order valence-corrected chi connectivity index (χ2v) is 5.54. The lowest BCUT2D eigenvalue weighted by Gasteiger charge is -2.13. The lowest BCUT2D eigenvalue weighted by Crippen LogP contribution is -2.11. The van der Waals surface area contributed by atoms with E-state index in [4.69, 9.17) is 9.84 Å². The van der Waals surface area contributed by atoms with Gasteiger partial charge in [0.05, 0.1) is 12.2 Å². The maximum absolute atomic E-state index is 11.1. The molecular weight excluding hydrogens is 242 g/mol. The molecule has 0 radical (unpaired) electrons. The van der Waals surface area contributed by atoms with Crippen LogP contribution in [0.5, 0.6) is 5.88 Å². The van der Waals surface area contributed by atoms with E-state index >= 15 is 0 Å². The molecule has 0 amide bonds. The maximum Gasteiger partial charge on any atom is 0.335 e. The van der Waals surface area contributed by atoms with Gasteiger partial charge in [-0.05, 0) is 30.7 Å². The van der Waals surface area contributed by atoms with Gasteiger partial charge >= 0.3 is 5.97 Å². The first-order valence-electron chi connectivity index (χ1n) is 6.94. The van der Waals surface area contributed by atoms with Gasteiger partial charge in [-0.1, -0.05) is 26.7 Å². The van der Waals surface area contributed by atoms with E-state index in [-0.39, 0.29) is 11.5 Å². The summed E-state index contributed by atoms with van der Waals surface area (Å²) in [6, 6.07) is 3.14. The van der Waals surface area contributed by atoms with Crippen LogP contribution in [-0.4, -0.2) is 22.7 Å². The summed E-state index contributed by atoms with van der Waals surface area (Å²) in [4.78, 5) is 15.5. The van der Waals surface area contributed by atoms with Gasteiger partial charge in [-0.25, -0.2) is 9.78 Å². The van der Waals surface area contributed by atoms with Gasteiger partial charge in [0.15, 0.2) is 0 Å². The zero-order valence-corrected chi connectivity index (χ0v) is 11.6. The normalized spacial score (nSPS) is 15.9. The van der Waals surface area contributed by atoms with Crippen LogP contribution in [0.2, 0.25) is 0 Å². The number of ether oxygens (including phenoxy) is 1. The summed E-state index contributed by atoms with van der Waals surface area (Å²) in [5.74, 6) is 0.288. The Balaban J connectivity index is 2.11. The van der Waals surface area contributed by atoms with Crippen molar-refractivity contribution in [2.75, 3.05) is 6.61 Å². The van der Waals surface area contributed by atoms with Crippen LogP contribution >= 0.6 is 0 Å². The molecule has 1 saturated carbocycles. The molecule has 0 aromatic carbocycles. The Labute approximate surface area is 113 Å². The molecule has 1 aromatic rings. The zero-order valence-electron chi connectivity index (χ0n) is 11.6. The average Bonchev–Trinajstić information content (AvgIpc) is 2.89. The summed E-state index contributed by atoms with van der Waals surface area (Å²) in [6.07, 6.45) is 4.95. The fourth-order valence-electron chi connectivity index (χ4n) is 2.40. The summed E-state index contributed by atoms with van der Waals surface area (Å²) in [7, 11) is 0. The highest BCUT2D eigenvalue weighted by molar-refractivity contribution is 5.88. The number of aromatic carboxylic acids is 1. The first-order chi connectivity index (χ1) is 9.06. The topological polar surface area (TPSA) is 59.4 Å². The van der Waals surface area contributed by atoms with Crippen molar-refractivity contribution in [3.8, 4) is 5.88 Å². The molecule has 1 fully saturated rings. The maximum atomic E-state index is 11.1. The Morgan fingerprint density at radius 2 is 2.11 bits per heavy atom.